The number of ether oxygens (including phenoxy) is 1. The van der Waals surface area contributed by atoms with Crippen molar-refractivity contribution in [1.82, 2.24) is 14.5 Å². The first-order valence-electron chi connectivity index (χ1n) is 8.44. The van der Waals surface area contributed by atoms with E-state index in [2.05, 4.69) is 20.0 Å². The molecule has 0 atom stereocenters. The van der Waals surface area contributed by atoms with Gasteiger partial charge in [-0.3, -0.25) is 9.59 Å². The molecule has 0 saturated heterocycles. The highest BCUT2D eigenvalue weighted by Gasteiger charge is 2.16. The number of esters is 1. The summed E-state index contributed by atoms with van der Waals surface area (Å²) in [7, 11) is 1.34. The van der Waals surface area contributed by atoms with Gasteiger partial charge in [0.1, 0.15) is 6.20 Å². The van der Waals surface area contributed by atoms with Crippen LogP contribution in [-0.2, 0) is 20.9 Å². The minimum absolute atomic E-state index is 0.148. The van der Waals surface area contributed by atoms with Crippen LogP contribution in [0.2, 0.25) is 0 Å². The van der Waals surface area contributed by atoms with Gasteiger partial charge in [0.2, 0.25) is 11.7 Å². The van der Waals surface area contributed by atoms with Crippen molar-refractivity contribution in [2.45, 2.75) is 24.2 Å². The Labute approximate surface area is 173 Å². The van der Waals surface area contributed by atoms with Gasteiger partial charge in [-0.15, -0.1) is 11.3 Å². The molecule has 0 unspecified atom stereocenters. The molecule has 0 aliphatic carbocycles. The first kappa shape index (κ1) is 20.7. The number of aromatic nitrogens is 3. The molecule has 0 saturated carbocycles. The third kappa shape index (κ3) is 5.29. The molecule has 2 aromatic heterocycles. The number of anilines is 1. The molecule has 0 bridgehead atoms. The van der Waals surface area contributed by atoms with Crippen molar-refractivity contribution in [3.05, 3.63) is 40.3 Å². The van der Waals surface area contributed by atoms with Gasteiger partial charge in [-0.1, -0.05) is 11.8 Å². The van der Waals surface area contributed by atoms with E-state index in [1.54, 1.807) is 23.6 Å². The van der Waals surface area contributed by atoms with Crippen LogP contribution < -0.4 is 5.32 Å². The fourth-order valence-electron chi connectivity index (χ4n) is 2.47. The first-order chi connectivity index (χ1) is 13.9. The number of nitro groups is 1. The topological polar surface area (TPSA) is 129 Å². The average molecular weight is 435 g/mol. The van der Waals surface area contributed by atoms with Crippen molar-refractivity contribution in [3.8, 4) is 0 Å². The minimum Gasteiger partial charge on any atom is -0.468 e. The van der Waals surface area contributed by atoms with Gasteiger partial charge in [0.25, 0.3) is 0 Å². The van der Waals surface area contributed by atoms with Gasteiger partial charge < -0.3 is 24.7 Å². The van der Waals surface area contributed by atoms with Crippen LogP contribution in [0.3, 0.4) is 0 Å². The zero-order valence-electron chi connectivity index (χ0n) is 15.6. The Morgan fingerprint density at radius 1 is 1.38 bits per heavy atom. The van der Waals surface area contributed by atoms with E-state index in [0.29, 0.717) is 11.5 Å². The maximum atomic E-state index is 12.2. The van der Waals surface area contributed by atoms with Crippen LogP contribution in [0.4, 0.5) is 11.5 Å². The van der Waals surface area contributed by atoms with Crippen molar-refractivity contribution >= 4 is 56.7 Å². The fourth-order valence-corrected chi connectivity index (χ4v) is 4.41. The molecule has 29 heavy (non-hydrogen) atoms. The number of benzene rings is 1. The lowest BCUT2D eigenvalue weighted by atomic mass is 10.3. The number of hydrogen-bond donors (Lipinski definition) is 1. The predicted molar refractivity (Wildman–Crippen MR) is 109 cm³/mol. The minimum atomic E-state index is -0.564. The number of amides is 1. The second-order valence-electron chi connectivity index (χ2n) is 5.92. The SMILES string of the molecule is COC(=O)CSc1nc2ccc(NC(=O)CCn3cc([N+](=O)[O-])nc3C)cc2s1. The summed E-state index contributed by atoms with van der Waals surface area (Å²) in [6.45, 7) is 1.94. The second kappa shape index (κ2) is 9.01. The van der Waals surface area contributed by atoms with E-state index in [1.165, 1.54) is 36.4 Å². The van der Waals surface area contributed by atoms with Gasteiger partial charge in [0.15, 0.2) is 4.34 Å². The number of thioether (sulfide) groups is 1. The number of hydrogen-bond acceptors (Lipinski definition) is 9. The molecule has 1 aromatic carbocycles. The van der Waals surface area contributed by atoms with E-state index >= 15 is 0 Å². The molecule has 1 amide bonds. The molecule has 0 spiro atoms. The summed E-state index contributed by atoms with van der Waals surface area (Å²) in [5.41, 5.74) is 1.41. The number of fused-ring (bicyclic) bond motifs is 1. The molecule has 3 aromatic rings. The molecular weight excluding hydrogens is 418 g/mol. The largest absolute Gasteiger partial charge is 0.468 e. The van der Waals surface area contributed by atoms with Crippen LogP contribution in [-0.4, -0.2) is 44.2 Å². The zero-order chi connectivity index (χ0) is 21.0. The summed E-state index contributed by atoms with van der Waals surface area (Å²) in [4.78, 5) is 42.0. The molecular formula is C17H17N5O5S2. The van der Waals surface area contributed by atoms with Crippen LogP contribution in [0.25, 0.3) is 10.2 Å². The van der Waals surface area contributed by atoms with E-state index in [0.717, 1.165) is 14.6 Å². The maximum absolute atomic E-state index is 12.2. The Kier molecular flexibility index (Phi) is 6.44. The quantitative estimate of drug-likeness (QED) is 0.247. The van der Waals surface area contributed by atoms with E-state index < -0.39 is 4.92 Å². The number of nitrogens with zero attached hydrogens (tertiary/aromatic N) is 4. The Bertz CT molecular complexity index is 1080. The number of aryl methyl sites for hydroxylation is 2. The smallest absolute Gasteiger partial charge is 0.381 e. The highest BCUT2D eigenvalue weighted by atomic mass is 32.2. The Hall–Kier alpha value is -2.99. The monoisotopic (exact) mass is 435 g/mol. The molecule has 10 nitrogen and oxygen atoms in total. The first-order valence-corrected chi connectivity index (χ1v) is 10.2. The number of carbonyl (C=O) groups is 2. The summed E-state index contributed by atoms with van der Waals surface area (Å²) in [6, 6.07) is 5.37. The number of carbonyl (C=O) groups excluding carboxylic acids is 2. The van der Waals surface area contributed by atoms with Gasteiger partial charge in [0, 0.05) is 25.6 Å². The highest BCUT2D eigenvalue weighted by Crippen LogP contribution is 2.31. The third-order valence-electron chi connectivity index (χ3n) is 3.92. The second-order valence-corrected chi connectivity index (χ2v) is 8.18. The summed E-state index contributed by atoms with van der Waals surface area (Å²) >= 11 is 2.72. The molecule has 3 rings (SSSR count). The van der Waals surface area contributed by atoms with E-state index in [9.17, 15) is 19.7 Å². The summed E-state index contributed by atoms with van der Waals surface area (Å²) in [5.74, 6) is -0.108. The number of imidazole rings is 1. The molecule has 0 aliphatic rings. The van der Waals surface area contributed by atoms with Crippen LogP contribution >= 0.6 is 23.1 Å². The number of methoxy groups -OCH3 is 1. The van der Waals surface area contributed by atoms with E-state index in [-0.39, 0.29) is 36.4 Å². The Balaban J connectivity index is 1.59. The number of thiazole rings is 1. The van der Waals surface area contributed by atoms with Gasteiger partial charge in [-0.25, -0.2) is 4.98 Å². The summed E-state index contributed by atoms with van der Waals surface area (Å²) < 4.78 is 7.82. The van der Waals surface area contributed by atoms with Crippen LogP contribution in [0.15, 0.2) is 28.7 Å². The van der Waals surface area contributed by atoms with Crippen molar-refractivity contribution in [2.24, 2.45) is 0 Å². The predicted octanol–water partition coefficient (Wildman–Crippen LogP) is 3.00. The summed E-state index contributed by atoms with van der Waals surface area (Å²) in [6.07, 6.45) is 1.47. The van der Waals surface area contributed by atoms with Gasteiger partial charge in [-0.2, -0.15) is 0 Å². The maximum Gasteiger partial charge on any atom is 0.381 e. The van der Waals surface area contributed by atoms with Crippen molar-refractivity contribution in [1.29, 1.82) is 0 Å². The van der Waals surface area contributed by atoms with Crippen molar-refractivity contribution in [2.75, 3.05) is 18.2 Å². The number of rotatable bonds is 8. The Morgan fingerprint density at radius 3 is 2.86 bits per heavy atom. The third-order valence-corrected chi connectivity index (χ3v) is 6.06. The van der Waals surface area contributed by atoms with Crippen molar-refractivity contribution in [3.63, 3.8) is 0 Å². The van der Waals surface area contributed by atoms with Crippen molar-refractivity contribution < 1.29 is 19.2 Å². The normalized spacial score (nSPS) is 10.8. The molecule has 1 N–H and O–H groups in total. The number of nitrogens with one attached hydrogen (secondary N) is 1. The molecule has 0 radical (unpaired) electrons. The lowest BCUT2D eigenvalue weighted by Gasteiger charge is -2.06. The highest BCUT2D eigenvalue weighted by molar-refractivity contribution is 8.01. The Morgan fingerprint density at radius 2 is 2.17 bits per heavy atom. The van der Waals surface area contributed by atoms with E-state index in [1.807, 2.05) is 6.07 Å². The van der Waals surface area contributed by atoms with Gasteiger partial charge in [0.05, 0.1) is 23.1 Å². The summed E-state index contributed by atoms with van der Waals surface area (Å²) in [5, 5.41) is 13.6. The average Bonchev–Trinajstić information content (AvgIpc) is 3.27. The van der Waals surface area contributed by atoms with Gasteiger partial charge >= 0.3 is 11.8 Å². The standard InChI is InChI=1S/C17H17N5O5S2/c1-10-18-14(22(25)26)8-21(10)6-5-15(23)19-11-3-4-12-13(7-11)29-17(20-12)28-9-16(24)27-2/h3-4,7-8H,5-6,9H2,1-2H3,(H,19,23). The van der Waals surface area contributed by atoms with Crippen LogP contribution in [0.5, 0.6) is 0 Å². The zero-order valence-corrected chi connectivity index (χ0v) is 17.2. The van der Waals surface area contributed by atoms with Crippen LogP contribution in [0.1, 0.15) is 12.2 Å². The lowest BCUT2D eigenvalue weighted by Crippen LogP contribution is -2.14. The molecule has 2 heterocycles. The van der Waals surface area contributed by atoms with Gasteiger partial charge in [-0.05, 0) is 28.1 Å². The fraction of sp³-hybridized carbons (Fsp3) is 0.294. The lowest BCUT2D eigenvalue weighted by molar-refractivity contribution is -0.389. The molecule has 0 aliphatic heterocycles. The van der Waals surface area contributed by atoms with Crippen LogP contribution in [0, 0.1) is 17.0 Å². The molecule has 12 heteroatoms. The van der Waals surface area contributed by atoms with E-state index in [4.69, 9.17) is 0 Å². The molecule has 0 fully saturated rings. The molecule has 152 valence electrons.